The molecule has 2 aromatic heterocycles. The molecule has 2 fully saturated rings. The highest BCUT2D eigenvalue weighted by Crippen LogP contribution is 2.18. The molecule has 0 amide bonds. The quantitative estimate of drug-likeness (QED) is 0.699. The van der Waals surface area contributed by atoms with Gasteiger partial charge in [0.05, 0.1) is 12.6 Å². The number of tetrazole rings is 1. The fraction of sp³-hybridized carbons (Fsp3) is 0.750. The molecule has 2 N–H and O–H groups in total. The fourth-order valence-electron chi connectivity index (χ4n) is 5.03. The van der Waals surface area contributed by atoms with Crippen molar-refractivity contribution >= 4 is 11.3 Å². The minimum Gasteiger partial charge on any atom is -0.323 e. The molecule has 1 saturated heterocycles. The highest BCUT2D eigenvalue weighted by molar-refractivity contribution is 7.09. The van der Waals surface area contributed by atoms with Crippen LogP contribution in [0.3, 0.4) is 0 Å². The first-order valence-corrected chi connectivity index (χ1v) is 11.7. The van der Waals surface area contributed by atoms with Crippen LogP contribution in [0, 0.1) is 0 Å². The van der Waals surface area contributed by atoms with Crippen LogP contribution in [0.2, 0.25) is 0 Å². The largest absolute Gasteiger partial charge is 0.323 e. The van der Waals surface area contributed by atoms with E-state index in [2.05, 4.69) is 44.6 Å². The van der Waals surface area contributed by atoms with E-state index in [-0.39, 0.29) is 0 Å². The lowest BCUT2D eigenvalue weighted by molar-refractivity contribution is -1.04. The van der Waals surface area contributed by atoms with Crippen LogP contribution in [0.25, 0.3) is 0 Å². The van der Waals surface area contributed by atoms with Gasteiger partial charge in [0.2, 0.25) is 5.82 Å². The molecule has 1 saturated carbocycles. The Morgan fingerprint density at radius 2 is 2.04 bits per heavy atom. The summed E-state index contributed by atoms with van der Waals surface area (Å²) in [5, 5.41) is 15.0. The van der Waals surface area contributed by atoms with Gasteiger partial charge in [-0.15, -0.1) is 16.4 Å². The van der Waals surface area contributed by atoms with Crippen LogP contribution in [0.4, 0.5) is 0 Å². The molecule has 1 aliphatic heterocycles. The molecular formula is C20H34N6S+2. The maximum Gasteiger partial charge on any atom is 0.209 e. The molecule has 0 aromatic carbocycles. The van der Waals surface area contributed by atoms with Gasteiger partial charge >= 0.3 is 0 Å². The van der Waals surface area contributed by atoms with E-state index in [1.165, 1.54) is 76.0 Å². The second-order valence-electron chi connectivity index (χ2n) is 8.27. The van der Waals surface area contributed by atoms with Crippen LogP contribution in [0.1, 0.15) is 68.6 Å². The molecule has 2 aliphatic rings. The fourth-order valence-corrected chi connectivity index (χ4v) is 5.72. The SMILES string of the molecule is CCCC[C@H](c1nnnn1Cc1cccs1)[NH+]1CC[NH+](C2CCCC2)CC1. The molecule has 0 bridgehead atoms. The number of quaternary nitrogens is 2. The summed E-state index contributed by atoms with van der Waals surface area (Å²) in [5.41, 5.74) is 0. The van der Waals surface area contributed by atoms with Gasteiger partial charge in [0.25, 0.3) is 0 Å². The smallest absolute Gasteiger partial charge is 0.209 e. The summed E-state index contributed by atoms with van der Waals surface area (Å²) < 4.78 is 2.05. The first kappa shape index (κ1) is 19.0. The molecule has 2 aromatic rings. The van der Waals surface area contributed by atoms with Gasteiger partial charge in [0.15, 0.2) is 0 Å². The molecule has 0 unspecified atom stereocenters. The van der Waals surface area contributed by atoms with E-state index >= 15 is 0 Å². The molecule has 3 heterocycles. The van der Waals surface area contributed by atoms with Gasteiger partial charge in [0, 0.05) is 11.3 Å². The van der Waals surface area contributed by atoms with Gasteiger partial charge in [-0.05, 0) is 54.0 Å². The first-order valence-electron chi connectivity index (χ1n) is 10.8. The Morgan fingerprint density at radius 3 is 2.74 bits per heavy atom. The molecule has 27 heavy (non-hydrogen) atoms. The van der Waals surface area contributed by atoms with E-state index in [1.54, 1.807) is 16.2 Å². The lowest BCUT2D eigenvalue weighted by atomic mass is 10.1. The van der Waals surface area contributed by atoms with E-state index in [9.17, 15) is 0 Å². The van der Waals surface area contributed by atoms with Crippen LogP contribution in [0.15, 0.2) is 17.5 Å². The number of piperazine rings is 1. The molecule has 1 aliphatic carbocycles. The summed E-state index contributed by atoms with van der Waals surface area (Å²) in [5.74, 6) is 1.09. The van der Waals surface area contributed by atoms with Crippen molar-refractivity contribution in [2.45, 2.75) is 70.5 Å². The van der Waals surface area contributed by atoms with E-state index in [4.69, 9.17) is 0 Å². The predicted molar refractivity (Wildman–Crippen MR) is 107 cm³/mol. The van der Waals surface area contributed by atoms with Gasteiger partial charge < -0.3 is 9.80 Å². The van der Waals surface area contributed by atoms with Crippen molar-refractivity contribution in [3.05, 3.63) is 28.2 Å². The van der Waals surface area contributed by atoms with E-state index in [0.717, 1.165) is 18.4 Å². The summed E-state index contributed by atoms with van der Waals surface area (Å²) in [6.45, 7) is 8.22. The van der Waals surface area contributed by atoms with E-state index < -0.39 is 0 Å². The number of hydrogen-bond acceptors (Lipinski definition) is 4. The second kappa shape index (κ2) is 9.26. The molecule has 0 radical (unpaired) electrons. The lowest BCUT2D eigenvalue weighted by Gasteiger charge is -2.36. The topological polar surface area (TPSA) is 52.5 Å². The van der Waals surface area contributed by atoms with Gasteiger partial charge in [-0.25, -0.2) is 4.68 Å². The lowest BCUT2D eigenvalue weighted by Crippen LogP contribution is -3.29. The van der Waals surface area contributed by atoms with Crippen molar-refractivity contribution in [3.63, 3.8) is 0 Å². The maximum absolute atomic E-state index is 4.50. The summed E-state index contributed by atoms with van der Waals surface area (Å²) in [6, 6.07) is 5.65. The van der Waals surface area contributed by atoms with Crippen molar-refractivity contribution < 1.29 is 9.80 Å². The Balaban J connectivity index is 1.45. The Hall–Kier alpha value is -1.31. The molecule has 1 atom stereocenters. The van der Waals surface area contributed by atoms with Crippen LogP contribution >= 0.6 is 11.3 Å². The summed E-state index contributed by atoms with van der Waals surface area (Å²) >= 11 is 1.78. The minimum atomic E-state index is 0.435. The van der Waals surface area contributed by atoms with Crippen LogP contribution in [-0.4, -0.2) is 52.4 Å². The second-order valence-corrected chi connectivity index (χ2v) is 9.30. The Morgan fingerprint density at radius 1 is 1.22 bits per heavy atom. The third-order valence-corrected chi connectivity index (χ3v) is 7.42. The summed E-state index contributed by atoms with van der Waals surface area (Å²) in [4.78, 5) is 4.89. The Labute approximate surface area is 166 Å². The highest BCUT2D eigenvalue weighted by Gasteiger charge is 2.36. The average molecular weight is 391 g/mol. The molecule has 7 heteroatoms. The standard InChI is InChI=1S/C20H32N6S/c1-2-3-10-19(20-21-22-23-26(20)16-18-9-6-15-27-18)25-13-11-24(12-14-25)17-7-4-5-8-17/h6,9,15,17,19H,2-5,7-8,10-14,16H2,1H3/p+2/t19-/m1/s1. The minimum absolute atomic E-state index is 0.435. The first-order chi connectivity index (χ1) is 13.3. The monoisotopic (exact) mass is 390 g/mol. The molecule has 6 nitrogen and oxygen atoms in total. The zero-order chi connectivity index (χ0) is 18.5. The number of unbranched alkanes of at least 4 members (excludes halogenated alkanes) is 1. The summed E-state index contributed by atoms with van der Waals surface area (Å²) in [7, 11) is 0. The molecule has 148 valence electrons. The zero-order valence-corrected chi connectivity index (χ0v) is 17.4. The highest BCUT2D eigenvalue weighted by atomic mass is 32.1. The Kier molecular flexibility index (Phi) is 6.52. The third kappa shape index (κ3) is 4.58. The number of nitrogens with one attached hydrogen (secondary N) is 2. The Bertz CT molecular complexity index is 670. The van der Waals surface area contributed by atoms with Gasteiger partial charge in [-0.2, -0.15) is 0 Å². The molecule has 0 spiro atoms. The van der Waals surface area contributed by atoms with Gasteiger partial charge in [0.1, 0.15) is 32.2 Å². The van der Waals surface area contributed by atoms with E-state index in [0.29, 0.717) is 6.04 Å². The number of nitrogens with zero attached hydrogens (tertiary/aromatic N) is 4. The number of rotatable bonds is 8. The van der Waals surface area contributed by atoms with Crippen molar-refractivity contribution in [3.8, 4) is 0 Å². The van der Waals surface area contributed by atoms with Crippen LogP contribution < -0.4 is 9.80 Å². The predicted octanol–water partition coefficient (Wildman–Crippen LogP) is 0.740. The number of hydrogen-bond donors (Lipinski definition) is 2. The van der Waals surface area contributed by atoms with Crippen molar-refractivity contribution in [1.82, 2.24) is 20.2 Å². The zero-order valence-electron chi connectivity index (χ0n) is 16.6. The van der Waals surface area contributed by atoms with Crippen molar-refractivity contribution in [2.24, 2.45) is 0 Å². The van der Waals surface area contributed by atoms with Crippen molar-refractivity contribution in [1.29, 1.82) is 0 Å². The maximum atomic E-state index is 4.50. The number of thiophene rings is 1. The van der Waals surface area contributed by atoms with Crippen LogP contribution in [0.5, 0.6) is 0 Å². The van der Waals surface area contributed by atoms with Gasteiger partial charge in [-0.3, -0.25) is 0 Å². The normalized spacial score (nSPS) is 25.1. The van der Waals surface area contributed by atoms with Crippen LogP contribution in [-0.2, 0) is 6.54 Å². The third-order valence-electron chi connectivity index (χ3n) is 6.56. The number of aromatic nitrogens is 4. The molecular weight excluding hydrogens is 356 g/mol. The van der Waals surface area contributed by atoms with E-state index in [1.807, 2.05) is 4.90 Å². The summed E-state index contributed by atoms with van der Waals surface area (Å²) in [6.07, 6.45) is 9.46. The average Bonchev–Trinajstić information content (AvgIpc) is 3.47. The van der Waals surface area contributed by atoms with Gasteiger partial charge in [-0.1, -0.05) is 19.4 Å². The molecule has 4 rings (SSSR count). The van der Waals surface area contributed by atoms with Crippen molar-refractivity contribution in [2.75, 3.05) is 26.2 Å².